The van der Waals surface area contributed by atoms with Gasteiger partial charge in [0.25, 0.3) is 5.91 Å². The molecule has 1 atom stereocenters. The minimum absolute atomic E-state index is 0.400. The molecule has 0 fully saturated rings. The van der Waals surface area contributed by atoms with Crippen LogP contribution in [0.15, 0.2) is 53.4 Å². The summed E-state index contributed by atoms with van der Waals surface area (Å²) in [4.78, 5) is 25.4. The van der Waals surface area contributed by atoms with Crippen molar-refractivity contribution in [2.45, 2.75) is 24.3 Å². The zero-order chi connectivity index (χ0) is 20.3. The number of para-hydroxylation sites is 1. The fourth-order valence-corrected chi connectivity index (χ4v) is 4.21. The quantitative estimate of drug-likeness (QED) is 0.736. The molecule has 0 aliphatic carbocycles. The summed E-state index contributed by atoms with van der Waals surface area (Å²) in [6.45, 7) is 1.24. The lowest BCUT2D eigenvalue weighted by atomic mass is 10.2. The molecule has 3 rings (SSSR count). The second-order valence-electron chi connectivity index (χ2n) is 6.31. The van der Waals surface area contributed by atoms with E-state index in [1.807, 2.05) is 24.3 Å². The van der Waals surface area contributed by atoms with E-state index in [0.29, 0.717) is 13.0 Å². The van der Waals surface area contributed by atoms with E-state index in [9.17, 15) is 22.4 Å². The largest absolute Gasteiger partial charge is 0.454 e. The Morgan fingerprint density at radius 3 is 2.61 bits per heavy atom. The van der Waals surface area contributed by atoms with Crippen LogP contribution >= 0.6 is 0 Å². The number of hydrogen-bond acceptors (Lipinski definition) is 5. The van der Waals surface area contributed by atoms with Crippen LogP contribution in [0.4, 0.5) is 10.1 Å². The number of ether oxygens (including phenoxy) is 1. The Balaban J connectivity index is 1.58. The Labute approximate surface area is 162 Å². The molecular formula is C19H19FN2O5S. The van der Waals surface area contributed by atoms with Gasteiger partial charge in [-0.05, 0) is 37.1 Å². The summed E-state index contributed by atoms with van der Waals surface area (Å²) >= 11 is 0. The lowest BCUT2D eigenvalue weighted by Crippen LogP contribution is -2.41. The molecule has 7 nitrogen and oxygen atoms in total. The van der Waals surface area contributed by atoms with Crippen molar-refractivity contribution < 1.29 is 27.1 Å². The van der Waals surface area contributed by atoms with E-state index in [4.69, 9.17) is 4.74 Å². The molecule has 1 unspecified atom stereocenters. The monoisotopic (exact) mass is 406 g/mol. The van der Waals surface area contributed by atoms with Crippen molar-refractivity contribution >= 4 is 27.6 Å². The molecule has 148 valence electrons. The van der Waals surface area contributed by atoms with Gasteiger partial charge in [0.1, 0.15) is 16.8 Å². The normalized spacial score (nSPS) is 14.4. The number of rotatable bonds is 6. The smallest absolute Gasteiger partial charge is 0.324 e. The van der Waals surface area contributed by atoms with E-state index < -0.39 is 45.3 Å². The van der Waals surface area contributed by atoms with Gasteiger partial charge in [-0.3, -0.25) is 9.59 Å². The summed E-state index contributed by atoms with van der Waals surface area (Å²) in [5.41, 5.74) is 1.81. The zero-order valence-corrected chi connectivity index (χ0v) is 15.9. The molecule has 0 saturated heterocycles. The predicted octanol–water partition coefficient (Wildman–Crippen LogP) is 1.62. The average Bonchev–Trinajstić information content (AvgIpc) is 3.10. The molecule has 0 bridgehead atoms. The second-order valence-corrected chi connectivity index (χ2v) is 7.99. The zero-order valence-electron chi connectivity index (χ0n) is 15.1. The van der Waals surface area contributed by atoms with Crippen LogP contribution in [0.2, 0.25) is 0 Å². The minimum atomic E-state index is -4.25. The molecule has 0 saturated carbocycles. The lowest BCUT2D eigenvalue weighted by Gasteiger charge is -2.18. The number of fused-ring (bicyclic) bond motifs is 1. The number of anilines is 1. The van der Waals surface area contributed by atoms with E-state index >= 15 is 0 Å². The third-order valence-electron chi connectivity index (χ3n) is 4.34. The van der Waals surface area contributed by atoms with Crippen molar-refractivity contribution in [2.24, 2.45) is 0 Å². The average molecular weight is 406 g/mol. The highest BCUT2D eigenvalue weighted by Crippen LogP contribution is 2.27. The highest BCUT2D eigenvalue weighted by Gasteiger charge is 2.28. The number of esters is 1. The van der Waals surface area contributed by atoms with Crippen molar-refractivity contribution in [3.05, 3.63) is 59.9 Å². The van der Waals surface area contributed by atoms with Gasteiger partial charge in [0.2, 0.25) is 10.0 Å². The summed E-state index contributed by atoms with van der Waals surface area (Å²) in [5.74, 6) is -2.26. The maximum Gasteiger partial charge on any atom is 0.324 e. The maximum atomic E-state index is 13.7. The number of sulfonamides is 1. The van der Waals surface area contributed by atoms with Crippen molar-refractivity contribution in [3.8, 4) is 0 Å². The SMILES string of the molecule is CC(NS(=O)(=O)c1ccccc1F)C(=O)OCC(=O)N1CCc2ccccc21. The molecule has 1 heterocycles. The van der Waals surface area contributed by atoms with E-state index in [0.717, 1.165) is 23.4 Å². The number of benzene rings is 2. The first-order valence-corrected chi connectivity index (χ1v) is 10.1. The topological polar surface area (TPSA) is 92.8 Å². The molecule has 1 aliphatic rings. The van der Waals surface area contributed by atoms with Crippen LogP contribution in [0, 0.1) is 5.82 Å². The van der Waals surface area contributed by atoms with Crippen LogP contribution in [0.25, 0.3) is 0 Å². The lowest BCUT2D eigenvalue weighted by molar-refractivity contribution is -0.149. The van der Waals surface area contributed by atoms with Crippen LogP contribution in [-0.2, 0) is 30.8 Å². The molecule has 2 aromatic rings. The van der Waals surface area contributed by atoms with Crippen LogP contribution < -0.4 is 9.62 Å². The van der Waals surface area contributed by atoms with Gasteiger partial charge in [0.05, 0.1) is 0 Å². The fraction of sp³-hybridized carbons (Fsp3) is 0.263. The fourth-order valence-electron chi connectivity index (χ4n) is 2.94. The summed E-state index contributed by atoms with van der Waals surface area (Å²) < 4.78 is 45.1. The summed E-state index contributed by atoms with van der Waals surface area (Å²) in [7, 11) is -4.25. The van der Waals surface area contributed by atoms with Gasteiger partial charge in [0.15, 0.2) is 6.61 Å². The third-order valence-corrected chi connectivity index (χ3v) is 5.91. The van der Waals surface area contributed by atoms with Crippen molar-refractivity contribution in [1.82, 2.24) is 4.72 Å². The van der Waals surface area contributed by atoms with E-state index in [1.54, 1.807) is 0 Å². The molecule has 1 aliphatic heterocycles. The van der Waals surface area contributed by atoms with Crippen molar-refractivity contribution in [1.29, 1.82) is 0 Å². The van der Waals surface area contributed by atoms with Crippen LogP contribution in [0.1, 0.15) is 12.5 Å². The molecule has 2 aromatic carbocycles. The maximum absolute atomic E-state index is 13.7. The summed E-state index contributed by atoms with van der Waals surface area (Å²) in [6, 6.07) is 11.0. The molecule has 28 heavy (non-hydrogen) atoms. The van der Waals surface area contributed by atoms with Crippen molar-refractivity contribution in [3.63, 3.8) is 0 Å². The van der Waals surface area contributed by atoms with Gasteiger partial charge in [-0.25, -0.2) is 12.8 Å². The molecule has 1 amide bonds. The van der Waals surface area contributed by atoms with Gasteiger partial charge in [-0.2, -0.15) is 4.72 Å². The Morgan fingerprint density at radius 1 is 1.18 bits per heavy atom. The van der Waals surface area contributed by atoms with Crippen LogP contribution in [-0.4, -0.2) is 39.5 Å². The number of hydrogen-bond donors (Lipinski definition) is 1. The Bertz CT molecular complexity index is 1010. The first-order chi connectivity index (χ1) is 13.3. The van der Waals surface area contributed by atoms with Gasteiger partial charge in [0, 0.05) is 12.2 Å². The van der Waals surface area contributed by atoms with Gasteiger partial charge in [-0.15, -0.1) is 0 Å². The molecule has 9 heteroatoms. The Morgan fingerprint density at radius 2 is 1.86 bits per heavy atom. The minimum Gasteiger partial charge on any atom is -0.454 e. The van der Waals surface area contributed by atoms with E-state index in [-0.39, 0.29) is 0 Å². The number of nitrogens with one attached hydrogen (secondary N) is 1. The first kappa shape index (κ1) is 20.0. The number of amides is 1. The van der Waals surface area contributed by atoms with Gasteiger partial charge >= 0.3 is 5.97 Å². The number of carbonyl (C=O) groups excluding carboxylic acids is 2. The molecular weight excluding hydrogens is 387 g/mol. The van der Waals surface area contributed by atoms with Crippen molar-refractivity contribution in [2.75, 3.05) is 18.1 Å². The summed E-state index contributed by atoms with van der Waals surface area (Å²) in [6.07, 6.45) is 0.717. The van der Waals surface area contributed by atoms with E-state index in [2.05, 4.69) is 4.72 Å². The number of halogens is 1. The number of nitrogens with zero attached hydrogens (tertiary/aromatic N) is 1. The highest BCUT2D eigenvalue weighted by atomic mass is 32.2. The van der Waals surface area contributed by atoms with Crippen LogP contribution in [0.3, 0.4) is 0 Å². The Kier molecular flexibility index (Phi) is 5.76. The first-order valence-electron chi connectivity index (χ1n) is 8.61. The molecule has 0 spiro atoms. The number of carbonyl (C=O) groups is 2. The highest BCUT2D eigenvalue weighted by molar-refractivity contribution is 7.89. The second kappa shape index (κ2) is 8.07. The Hall–Kier alpha value is -2.78. The molecule has 0 aromatic heterocycles. The third kappa shape index (κ3) is 4.20. The van der Waals surface area contributed by atoms with Gasteiger partial charge < -0.3 is 9.64 Å². The summed E-state index contributed by atoms with van der Waals surface area (Å²) in [5, 5.41) is 0. The molecule has 0 radical (unpaired) electrons. The van der Waals surface area contributed by atoms with Gasteiger partial charge in [-0.1, -0.05) is 30.3 Å². The van der Waals surface area contributed by atoms with E-state index in [1.165, 1.54) is 24.0 Å². The standard InChI is InChI=1S/C19H19FN2O5S/c1-13(21-28(25,26)17-9-5-3-7-15(17)20)19(24)27-12-18(23)22-11-10-14-6-2-4-8-16(14)22/h2-9,13,21H,10-12H2,1H3. The van der Waals surface area contributed by atoms with Crippen LogP contribution in [0.5, 0.6) is 0 Å². The molecule has 1 N–H and O–H groups in total. The predicted molar refractivity (Wildman–Crippen MR) is 99.6 cm³/mol.